The highest BCUT2D eigenvalue weighted by molar-refractivity contribution is 8.13. The first kappa shape index (κ1) is 16.8. The van der Waals surface area contributed by atoms with Crippen LogP contribution in [0.25, 0.3) is 0 Å². The Morgan fingerprint density at radius 1 is 1.35 bits per heavy atom. The van der Waals surface area contributed by atoms with Crippen molar-refractivity contribution in [2.75, 3.05) is 27.3 Å². The van der Waals surface area contributed by atoms with Gasteiger partial charge >= 0.3 is 0 Å². The van der Waals surface area contributed by atoms with Crippen LogP contribution in [0.15, 0.2) is 17.0 Å². The third-order valence-corrected chi connectivity index (χ3v) is 3.83. The van der Waals surface area contributed by atoms with Crippen LogP contribution in [0.1, 0.15) is 10.4 Å². The van der Waals surface area contributed by atoms with Crippen molar-refractivity contribution >= 4 is 25.6 Å². The number of rotatable bonds is 5. The van der Waals surface area contributed by atoms with Gasteiger partial charge in [-0.15, -0.1) is 0 Å². The molecular formula is C11H12ClF2NO4S. The zero-order valence-electron chi connectivity index (χ0n) is 10.7. The quantitative estimate of drug-likeness (QED) is 0.771. The first-order valence-corrected chi connectivity index (χ1v) is 7.67. The summed E-state index contributed by atoms with van der Waals surface area (Å²) in [5.74, 6) is -3.32. The van der Waals surface area contributed by atoms with E-state index in [4.69, 9.17) is 15.4 Å². The lowest BCUT2D eigenvalue weighted by atomic mass is 10.2. The molecule has 0 atom stereocenters. The second-order valence-corrected chi connectivity index (χ2v) is 6.45. The average molecular weight is 328 g/mol. The van der Waals surface area contributed by atoms with Gasteiger partial charge in [-0.25, -0.2) is 17.2 Å². The molecule has 0 saturated carbocycles. The average Bonchev–Trinajstić information content (AvgIpc) is 2.33. The van der Waals surface area contributed by atoms with Crippen molar-refractivity contribution in [2.24, 2.45) is 0 Å². The summed E-state index contributed by atoms with van der Waals surface area (Å²) >= 11 is 0. The van der Waals surface area contributed by atoms with E-state index >= 15 is 0 Å². The van der Waals surface area contributed by atoms with Crippen molar-refractivity contribution in [2.45, 2.75) is 4.90 Å². The van der Waals surface area contributed by atoms with Gasteiger partial charge in [0.05, 0.1) is 12.2 Å². The van der Waals surface area contributed by atoms with Gasteiger partial charge in [-0.3, -0.25) is 4.79 Å². The highest BCUT2D eigenvalue weighted by Crippen LogP contribution is 2.23. The van der Waals surface area contributed by atoms with E-state index in [0.29, 0.717) is 12.1 Å². The molecule has 0 fully saturated rings. The summed E-state index contributed by atoms with van der Waals surface area (Å²) in [5, 5.41) is 0. The molecule has 0 saturated heterocycles. The lowest BCUT2D eigenvalue weighted by Crippen LogP contribution is -2.30. The smallest absolute Gasteiger partial charge is 0.264 e. The van der Waals surface area contributed by atoms with Crippen LogP contribution in [-0.4, -0.2) is 46.5 Å². The first-order valence-electron chi connectivity index (χ1n) is 5.36. The molecule has 1 aromatic rings. The maximum Gasteiger partial charge on any atom is 0.264 e. The standard InChI is InChI=1S/C11H12ClF2NO4S/c1-15(3-4-19-2)11(16)7-5-10(20(12,17)18)9(14)6-8(7)13/h5-6H,3-4H2,1-2H3. The molecule has 0 N–H and O–H groups in total. The molecule has 0 heterocycles. The number of amides is 1. The van der Waals surface area contributed by atoms with Crippen LogP contribution < -0.4 is 0 Å². The number of carbonyl (C=O) groups is 1. The molecule has 0 radical (unpaired) electrons. The summed E-state index contributed by atoms with van der Waals surface area (Å²) < 4.78 is 54.0. The van der Waals surface area contributed by atoms with Crippen LogP contribution in [-0.2, 0) is 13.8 Å². The molecule has 0 aliphatic heterocycles. The minimum absolute atomic E-state index is 0.162. The van der Waals surface area contributed by atoms with E-state index in [9.17, 15) is 22.0 Å². The number of halogens is 3. The molecule has 0 bridgehead atoms. The molecular weight excluding hydrogens is 316 g/mol. The predicted octanol–water partition coefficient (Wildman–Crippen LogP) is 1.61. The van der Waals surface area contributed by atoms with Gasteiger partial charge < -0.3 is 9.64 Å². The Morgan fingerprint density at radius 3 is 2.45 bits per heavy atom. The molecule has 9 heteroatoms. The Kier molecular flexibility index (Phi) is 5.43. The molecule has 1 rings (SSSR count). The summed E-state index contributed by atoms with van der Waals surface area (Å²) in [5.41, 5.74) is -0.579. The third kappa shape index (κ3) is 3.87. The Hall–Kier alpha value is -1.25. The molecule has 0 aliphatic rings. The predicted molar refractivity (Wildman–Crippen MR) is 68.2 cm³/mol. The van der Waals surface area contributed by atoms with Crippen LogP contribution in [0, 0.1) is 11.6 Å². The lowest BCUT2D eigenvalue weighted by Gasteiger charge is -2.17. The van der Waals surface area contributed by atoms with E-state index in [1.807, 2.05) is 0 Å². The summed E-state index contributed by atoms with van der Waals surface area (Å²) in [4.78, 5) is 12.1. The lowest BCUT2D eigenvalue weighted by molar-refractivity contribution is 0.0739. The van der Waals surface area contributed by atoms with E-state index in [1.165, 1.54) is 14.2 Å². The van der Waals surface area contributed by atoms with Crippen LogP contribution in [0.2, 0.25) is 0 Å². The Morgan fingerprint density at radius 2 is 1.95 bits per heavy atom. The van der Waals surface area contributed by atoms with Crippen molar-refractivity contribution in [1.82, 2.24) is 4.90 Å². The molecule has 0 aliphatic carbocycles. The molecule has 20 heavy (non-hydrogen) atoms. The van der Waals surface area contributed by atoms with Crippen molar-refractivity contribution in [1.29, 1.82) is 0 Å². The maximum absolute atomic E-state index is 13.6. The molecule has 0 aromatic heterocycles. The number of nitrogens with zero attached hydrogens (tertiary/aromatic N) is 1. The number of ether oxygens (including phenoxy) is 1. The molecule has 112 valence electrons. The second-order valence-electron chi connectivity index (χ2n) is 3.92. The molecule has 0 spiro atoms. The van der Waals surface area contributed by atoms with Gasteiger partial charge in [0, 0.05) is 37.5 Å². The van der Waals surface area contributed by atoms with E-state index in [2.05, 4.69) is 0 Å². The SMILES string of the molecule is COCCN(C)C(=O)c1cc(S(=O)(=O)Cl)c(F)cc1F. The fourth-order valence-electron chi connectivity index (χ4n) is 1.42. The van der Waals surface area contributed by atoms with Crippen molar-refractivity contribution in [3.8, 4) is 0 Å². The number of likely N-dealkylation sites (N-methyl/N-ethyl adjacent to an activating group) is 1. The number of hydrogen-bond donors (Lipinski definition) is 0. The van der Waals surface area contributed by atoms with Gasteiger partial charge in [0.25, 0.3) is 15.0 Å². The van der Waals surface area contributed by atoms with E-state index in [1.54, 1.807) is 0 Å². The zero-order chi connectivity index (χ0) is 15.5. The fourth-order valence-corrected chi connectivity index (χ4v) is 2.32. The van der Waals surface area contributed by atoms with Crippen LogP contribution >= 0.6 is 10.7 Å². The number of carbonyl (C=O) groups excluding carboxylic acids is 1. The number of methoxy groups -OCH3 is 1. The van der Waals surface area contributed by atoms with Crippen LogP contribution in [0.3, 0.4) is 0 Å². The van der Waals surface area contributed by atoms with Crippen molar-refractivity contribution in [3.63, 3.8) is 0 Å². The maximum atomic E-state index is 13.6. The van der Waals surface area contributed by atoms with E-state index in [0.717, 1.165) is 4.90 Å². The highest BCUT2D eigenvalue weighted by atomic mass is 35.7. The Balaban J connectivity index is 3.22. The van der Waals surface area contributed by atoms with Gasteiger partial charge in [-0.05, 0) is 6.07 Å². The summed E-state index contributed by atoms with van der Waals surface area (Å²) in [7, 11) is 3.41. The topological polar surface area (TPSA) is 63.7 Å². The van der Waals surface area contributed by atoms with Gasteiger partial charge in [-0.2, -0.15) is 0 Å². The van der Waals surface area contributed by atoms with E-state index in [-0.39, 0.29) is 13.2 Å². The van der Waals surface area contributed by atoms with Gasteiger partial charge in [0.2, 0.25) is 0 Å². The Bertz CT molecular complexity index is 621. The first-order chi connectivity index (χ1) is 9.18. The summed E-state index contributed by atoms with van der Waals surface area (Å²) in [6.07, 6.45) is 0. The van der Waals surface area contributed by atoms with Gasteiger partial charge in [0.15, 0.2) is 0 Å². The van der Waals surface area contributed by atoms with Crippen molar-refractivity contribution in [3.05, 3.63) is 29.3 Å². The zero-order valence-corrected chi connectivity index (χ0v) is 12.3. The normalized spacial score (nSPS) is 11.4. The fraction of sp³-hybridized carbons (Fsp3) is 0.364. The number of hydrogen-bond acceptors (Lipinski definition) is 4. The largest absolute Gasteiger partial charge is 0.383 e. The monoisotopic (exact) mass is 327 g/mol. The molecule has 1 amide bonds. The number of benzene rings is 1. The van der Waals surface area contributed by atoms with Crippen LogP contribution in [0.4, 0.5) is 8.78 Å². The minimum atomic E-state index is -4.41. The van der Waals surface area contributed by atoms with Gasteiger partial charge in [0.1, 0.15) is 16.5 Å². The van der Waals surface area contributed by atoms with Crippen molar-refractivity contribution < 1.29 is 26.7 Å². The minimum Gasteiger partial charge on any atom is -0.383 e. The Labute approximate surface area is 119 Å². The molecule has 5 nitrogen and oxygen atoms in total. The van der Waals surface area contributed by atoms with E-state index < -0.39 is 37.1 Å². The van der Waals surface area contributed by atoms with Gasteiger partial charge in [-0.1, -0.05) is 0 Å². The molecule has 0 unspecified atom stereocenters. The summed E-state index contributed by atoms with van der Waals surface area (Å²) in [6.45, 7) is 0.376. The highest BCUT2D eigenvalue weighted by Gasteiger charge is 2.24. The summed E-state index contributed by atoms with van der Waals surface area (Å²) in [6, 6.07) is 0.894. The second kappa shape index (κ2) is 6.47. The molecule has 1 aromatic carbocycles. The third-order valence-electron chi connectivity index (χ3n) is 2.49. The van der Waals surface area contributed by atoms with Crippen LogP contribution in [0.5, 0.6) is 0 Å².